The van der Waals surface area contributed by atoms with Crippen molar-refractivity contribution in [2.45, 2.75) is 43.9 Å². The molecular weight excluding hydrogens is 520 g/mol. The van der Waals surface area contributed by atoms with E-state index in [2.05, 4.69) is 149 Å². The molecule has 0 saturated heterocycles. The molecule has 2 heteroatoms. The second kappa shape index (κ2) is 10.2. The van der Waals surface area contributed by atoms with Crippen molar-refractivity contribution < 1.29 is 0 Å². The van der Waals surface area contributed by atoms with Gasteiger partial charge < -0.3 is 0 Å². The van der Waals surface area contributed by atoms with Crippen molar-refractivity contribution in [3.8, 4) is 11.1 Å². The van der Waals surface area contributed by atoms with Crippen molar-refractivity contribution in [1.29, 1.82) is 0 Å². The van der Waals surface area contributed by atoms with Crippen molar-refractivity contribution in [3.63, 3.8) is 0 Å². The lowest BCUT2D eigenvalue weighted by atomic mass is 9.67. The Labute approximate surface area is 255 Å². The monoisotopic (exact) mass is 556 g/mol. The van der Waals surface area contributed by atoms with Gasteiger partial charge >= 0.3 is 0 Å². The van der Waals surface area contributed by atoms with Crippen LogP contribution in [0.15, 0.2) is 146 Å². The average Bonchev–Trinajstić information content (AvgIpc) is 3.36. The van der Waals surface area contributed by atoms with E-state index in [4.69, 9.17) is 9.97 Å². The molecule has 1 aliphatic rings. The van der Waals surface area contributed by atoms with Crippen molar-refractivity contribution in [2.24, 2.45) is 0 Å². The summed E-state index contributed by atoms with van der Waals surface area (Å²) in [6, 6.07) is 48.6. The summed E-state index contributed by atoms with van der Waals surface area (Å²) in [5.41, 5.74) is 11.4. The van der Waals surface area contributed by atoms with Gasteiger partial charge in [0.25, 0.3) is 0 Å². The zero-order valence-corrected chi connectivity index (χ0v) is 25.3. The first-order valence-corrected chi connectivity index (χ1v) is 15.1. The maximum Gasteiger partial charge on any atom is 0.0713 e. The second-order valence-corrected chi connectivity index (χ2v) is 12.7. The molecule has 0 saturated carbocycles. The molecule has 0 radical (unpaired) electrons. The minimum Gasteiger partial charge on any atom is -0.260 e. The molecular formula is C41H36N2. The average molecular weight is 557 g/mol. The van der Waals surface area contributed by atoms with Gasteiger partial charge in [0.15, 0.2) is 0 Å². The number of hydrogen-bond acceptors (Lipinski definition) is 2. The molecule has 2 heterocycles. The first-order chi connectivity index (χ1) is 20.8. The third kappa shape index (κ3) is 4.16. The van der Waals surface area contributed by atoms with E-state index < -0.39 is 5.41 Å². The fourth-order valence-corrected chi connectivity index (χ4v) is 7.04. The molecule has 2 aromatic heterocycles. The van der Waals surface area contributed by atoms with Crippen LogP contribution in [-0.2, 0) is 16.2 Å². The number of hydrogen-bond donors (Lipinski definition) is 0. The van der Waals surface area contributed by atoms with E-state index in [0.29, 0.717) is 0 Å². The smallest absolute Gasteiger partial charge is 0.0713 e. The van der Waals surface area contributed by atoms with Gasteiger partial charge in [-0.05, 0) is 80.9 Å². The molecule has 7 rings (SSSR count). The van der Waals surface area contributed by atoms with Crippen LogP contribution in [0.1, 0.15) is 72.5 Å². The zero-order valence-electron chi connectivity index (χ0n) is 25.3. The Morgan fingerprint density at radius 1 is 0.442 bits per heavy atom. The van der Waals surface area contributed by atoms with E-state index in [1.165, 1.54) is 44.5 Å². The highest BCUT2D eigenvalue weighted by Gasteiger charge is 2.47. The van der Waals surface area contributed by atoms with Gasteiger partial charge in [-0.1, -0.05) is 125 Å². The fraction of sp³-hybridized carbons (Fsp3) is 0.171. The molecule has 0 spiro atoms. The topological polar surface area (TPSA) is 25.8 Å². The molecule has 1 aliphatic carbocycles. The summed E-state index contributed by atoms with van der Waals surface area (Å²) in [4.78, 5) is 9.52. The zero-order chi connectivity index (χ0) is 29.7. The number of fused-ring (bicyclic) bond motifs is 3. The standard InChI is InChI=1S/C41H36N2/c1-39(2,37-19-11-13-25-42-37)31-21-23-35-33(27-31)34-28-32(40(3,4)38-20-12-14-26-43-38)22-24-36(34)41(35,29-15-7-5-8-16-29)30-17-9-6-10-18-30/h5-28H,1-4H3. The fourth-order valence-electron chi connectivity index (χ4n) is 7.04. The van der Waals surface area contributed by atoms with Crippen LogP contribution in [0.25, 0.3) is 11.1 Å². The molecule has 0 amide bonds. The van der Waals surface area contributed by atoms with Gasteiger partial charge in [0.2, 0.25) is 0 Å². The van der Waals surface area contributed by atoms with Gasteiger partial charge in [-0.25, -0.2) is 0 Å². The minimum atomic E-state index is -0.436. The molecule has 0 aliphatic heterocycles. The molecule has 0 bridgehead atoms. The van der Waals surface area contributed by atoms with Gasteiger partial charge in [0.05, 0.1) is 16.8 Å². The van der Waals surface area contributed by atoms with Crippen molar-refractivity contribution >= 4 is 0 Å². The van der Waals surface area contributed by atoms with Crippen molar-refractivity contribution in [2.75, 3.05) is 0 Å². The third-order valence-corrected chi connectivity index (χ3v) is 9.60. The molecule has 6 aromatic rings. The Morgan fingerprint density at radius 3 is 1.21 bits per heavy atom. The Kier molecular flexibility index (Phi) is 6.39. The van der Waals surface area contributed by atoms with E-state index in [1.807, 2.05) is 24.5 Å². The Bertz CT molecular complexity index is 1750. The SMILES string of the molecule is CC(C)(c1ccc2c(c1)-c1cc(C(C)(C)c3ccccn3)ccc1C2(c1ccccc1)c1ccccc1)c1ccccn1. The summed E-state index contributed by atoms with van der Waals surface area (Å²) >= 11 is 0. The lowest BCUT2D eigenvalue weighted by molar-refractivity contribution is 0.616. The molecule has 0 atom stereocenters. The number of benzene rings is 4. The highest BCUT2D eigenvalue weighted by Crippen LogP contribution is 2.57. The summed E-state index contributed by atoms with van der Waals surface area (Å²) in [6.07, 6.45) is 3.78. The van der Waals surface area contributed by atoms with Crippen LogP contribution in [0.5, 0.6) is 0 Å². The highest BCUT2D eigenvalue weighted by atomic mass is 14.7. The van der Waals surface area contributed by atoms with Crippen LogP contribution in [0.4, 0.5) is 0 Å². The first kappa shape index (κ1) is 27.0. The molecule has 0 unspecified atom stereocenters. The van der Waals surface area contributed by atoms with E-state index >= 15 is 0 Å². The van der Waals surface area contributed by atoms with Gasteiger partial charge in [-0.15, -0.1) is 0 Å². The minimum absolute atomic E-state index is 0.258. The van der Waals surface area contributed by atoms with Crippen LogP contribution < -0.4 is 0 Å². The number of rotatable bonds is 6. The maximum atomic E-state index is 4.76. The van der Waals surface area contributed by atoms with Crippen LogP contribution in [-0.4, -0.2) is 9.97 Å². The summed E-state index contributed by atoms with van der Waals surface area (Å²) in [5, 5.41) is 0. The molecule has 210 valence electrons. The summed E-state index contributed by atoms with van der Waals surface area (Å²) in [6.45, 7) is 9.09. The Balaban J connectivity index is 1.54. The van der Waals surface area contributed by atoms with E-state index in [-0.39, 0.29) is 10.8 Å². The summed E-state index contributed by atoms with van der Waals surface area (Å²) < 4.78 is 0. The second-order valence-electron chi connectivity index (χ2n) is 12.7. The summed E-state index contributed by atoms with van der Waals surface area (Å²) in [7, 11) is 0. The molecule has 0 N–H and O–H groups in total. The predicted molar refractivity (Wildman–Crippen MR) is 176 cm³/mol. The van der Waals surface area contributed by atoms with Crippen LogP contribution in [0.3, 0.4) is 0 Å². The van der Waals surface area contributed by atoms with E-state index in [1.54, 1.807) is 0 Å². The number of aromatic nitrogens is 2. The van der Waals surface area contributed by atoms with Crippen LogP contribution >= 0.6 is 0 Å². The third-order valence-electron chi connectivity index (χ3n) is 9.60. The number of nitrogens with zero attached hydrogens (tertiary/aromatic N) is 2. The van der Waals surface area contributed by atoms with Crippen LogP contribution in [0, 0.1) is 0 Å². The number of pyridine rings is 2. The summed E-state index contributed by atoms with van der Waals surface area (Å²) in [5.74, 6) is 0. The largest absolute Gasteiger partial charge is 0.260 e. The van der Waals surface area contributed by atoms with E-state index in [9.17, 15) is 0 Å². The molecule has 0 fully saturated rings. The van der Waals surface area contributed by atoms with Crippen molar-refractivity contribution in [1.82, 2.24) is 9.97 Å². The highest BCUT2D eigenvalue weighted by molar-refractivity contribution is 5.87. The lowest BCUT2D eigenvalue weighted by Gasteiger charge is -2.34. The molecule has 2 nitrogen and oxygen atoms in total. The lowest BCUT2D eigenvalue weighted by Crippen LogP contribution is -2.29. The maximum absolute atomic E-state index is 4.76. The van der Waals surface area contributed by atoms with Gasteiger partial charge in [0, 0.05) is 23.2 Å². The van der Waals surface area contributed by atoms with Gasteiger partial charge in [0.1, 0.15) is 0 Å². The Hall–Kier alpha value is -4.82. The quantitative estimate of drug-likeness (QED) is 0.204. The normalized spacial score (nSPS) is 13.8. The predicted octanol–water partition coefficient (Wildman–Crippen LogP) is 9.49. The Morgan fingerprint density at radius 2 is 0.837 bits per heavy atom. The van der Waals surface area contributed by atoms with E-state index in [0.717, 1.165) is 11.4 Å². The van der Waals surface area contributed by atoms with Crippen LogP contribution in [0.2, 0.25) is 0 Å². The first-order valence-electron chi connectivity index (χ1n) is 15.1. The van der Waals surface area contributed by atoms with Crippen molar-refractivity contribution in [3.05, 3.63) is 191 Å². The molecule has 4 aromatic carbocycles. The molecule has 43 heavy (non-hydrogen) atoms. The van der Waals surface area contributed by atoms with Gasteiger partial charge in [-0.3, -0.25) is 9.97 Å². The van der Waals surface area contributed by atoms with Gasteiger partial charge in [-0.2, -0.15) is 0 Å².